The van der Waals surface area contributed by atoms with Crippen LogP contribution >= 0.6 is 15.9 Å². The second-order valence-electron chi connectivity index (χ2n) is 3.62. The van der Waals surface area contributed by atoms with Crippen molar-refractivity contribution in [2.24, 2.45) is 7.05 Å². The number of nitrogens with zero attached hydrogens (tertiary/aromatic N) is 2. The molecule has 1 aliphatic carbocycles. The summed E-state index contributed by atoms with van der Waals surface area (Å²) in [5.74, 6) is -0.0805. The molecule has 14 heavy (non-hydrogen) atoms. The van der Waals surface area contributed by atoms with Gasteiger partial charge in [-0.3, -0.25) is 9.48 Å². The average Bonchev–Trinajstić information content (AvgIpc) is 2.90. The smallest absolute Gasteiger partial charge is 0.273 e. The quantitative estimate of drug-likeness (QED) is 0.871. The molecule has 0 aliphatic heterocycles. The molecule has 0 bridgehead atoms. The molecule has 1 N–H and O–H groups in total. The van der Waals surface area contributed by atoms with Gasteiger partial charge in [-0.1, -0.05) is 0 Å². The van der Waals surface area contributed by atoms with Crippen LogP contribution in [0.25, 0.3) is 0 Å². The zero-order chi connectivity index (χ0) is 10.3. The van der Waals surface area contributed by atoms with E-state index in [0.717, 1.165) is 23.0 Å². The van der Waals surface area contributed by atoms with E-state index in [4.69, 9.17) is 0 Å². The van der Waals surface area contributed by atoms with E-state index >= 15 is 0 Å². The minimum absolute atomic E-state index is 0.0805. The van der Waals surface area contributed by atoms with Gasteiger partial charge in [0.05, 0.1) is 10.2 Å². The fraction of sp³-hybridized carbons (Fsp3) is 0.556. The topological polar surface area (TPSA) is 46.9 Å². The number of aromatic nitrogens is 2. The Kier molecular flexibility index (Phi) is 2.34. The first-order valence-electron chi connectivity index (χ1n) is 4.59. The minimum atomic E-state index is -0.0805. The number of halogens is 1. The van der Waals surface area contributed by atoms with Crippen molar-refractivity contribution in [3.8, 4) is 0 Å². The molecule has 4 nitrogen and oxygen atoms in total. The van der Waals surface area contributed by atoms with E-state index in [-0.39, 0.29) is 5.91 Å². The van der Waals surface area contributed by atoms with Crippen LogP contribution in [0.3, 0.4) is 0 Å². The lowest BCUT2D eigenvalue weighted by molar-refractivity contribution is 0.0944. The van der Waals surface area contributed by atoms with E-state index in [1.165, 1.54) is 0 Å². The molecular formula is C9H12BrN3O. The molecule has 0 radical (unpaired) electrons. The van der Waals surface area contributed by atoms with E-state index in [9.17, 15) is 4.79 Å². The van der Waals surface area contributed by atoms with Gasteiger partial charge in [-0.15, -0.1) is 0 Å². The first-order valence-corrected chi connectivity index (χ1v) is 5.39. The molecule has 0 saturated heterocycles. The van der Waals surface area contributed by atoms with Crippen LogP contribution in [0.4, 0.5) is 0 Å². The Morgan fingerprint density at radius 2 is 2.29 bits per heavy atom. The van der Waals surface area contributed by atoms with E-state index < -0.39 is 0 Å². The minimum Gasteiger partial charge on any atom is -0.348 e. The van der Waals surface area contributed by atoms with Gasteiger partial charge in [-0.2, -0.15) is 5.10 Å². The lowest BCUT2D eigenvalue weighted by atomic mass is 10.3. The van der Waals surface area contributed by atoms with Crippen LogP contribution in [0, 0.1) is 6.92 Å². The Morgan fingerprint density at radius 3 is 2.71 bits per heavy atom. The van der Waals surface area contributed by atoms with Gasteiger partial charge in [0.1, 0.15) is 0 Å². The van der Waals surface area contributed by atoms with E-state index in [1.807, 2.05) is 14.0 Å². The van der Waals surface area contributed by atoms with Crippen molar-refractivity contribution in [3.05, 3.63) is 15.9 Å². The van der Waals surface area contributed by atoms with Crippen molar-refractivity contribution in [2.75, 3.05) is 0 Å². The average molecular weight is 258 g/mol. The molecule has 1 amide bonds. The summed E-state index contributed by atoms with van der Waals surface area (Å²) in [6.07, 6.45) is 2.18. The molecule has 5 heteroatoms. The first-order chi connectivity index (χ1) is 6.59. The van der Waals surface area contributed by atoms with E-state index in [0.29, 0.717) is 11.7 Å². The Labute approximate surface area is 90.8 Å². The monoisotopic (exact) mass is 257 g/mol. The van der Waals surface area contributed by atoms with Crippen LogP contribution in [0.2, 0.25) is 0 Å². The summed E-state index contributed by atoms with van der Waals surface area (Å²) in [5.41, 5.74) is 1.45. The van der Waals surface area contributed by atoms with Gasteiger partial charge in [0.25, 0.3) is 5.91 Å². The molecule has 1 fully saturated rings. The second-order valence-corrected chi connectivity index (χ2v) is 4.41. The summed E-state index contributed by atoms with van der Waals surface area (Å²) >= 11 is 3.37. The summed E-state index contributed by atoms with van der Waals surface area (Å²) in [6, 6.07) is 0.372. The zero-order valence-corrected chi connectivity index (χ0v) is 9.76. The number of carbonyl (C=O) groups excluding carboxylic acids is 1. The van der Waals surface area contributed by atoms with Gasteiger partial charge in [0, 0.05) is 13.1 Å². The van der Waals surface area contributed by atoms with Crippen LogP contribution < -0.4 is 5.32 Å². The van der Waals surface area contributed by atoms with Crippen LogP contribution in [0.15, 0.2) is 4.47 Å². The fourth-order valence-corrected chi connectivity index (χ4v) is 1.72. The van der Waals surface area contributed by atoms with Crippen molar-refractivity contribution in [3.63, 3.8) is 0 Å². The molecular weight excluding hydrogens is 246 g/mol. The Hall–Kier alpha value is -0.840. The van der Waals surface area contributed by atoms with Crippen molar-refractivity contribution in [2.45, 2.75) is 25.8 Å². The molecule has 0 aromatic carbocycles. The van der Waals surface area contributed by atoms with Crippen molar-refractivity contribution in [1.82, 2.24) is 15.1 Å². The summed E-state index contributed by atoms with van der Waals surface area (Å²) in [4.78, 5) is 11.7. The number of hydrogen-bond acceptors (Lipinski definition) is 2. The summed E-state index contributed by atoms with van der Waals surface area (Å²) < 4.78 is 2.49. The molecule has 0 unspecified atom stereocenters. The highest BCUT2D eigenvalue weighted by atomic mass is 79.9. The highest BCUT2D eigenvalue weighted by Gasteiger charge is 2.26. The number of carbonyl (C=O) groups is 1. The summed E-state index contributed by atoms with van der Waals surface area (Å²) in [6.45, 7) is 1.92. The van der Waals surface area contributed by atoms with E-state index in [1.54, 1.807) is 4.68 Å². The lowest BCUT2D eigenvalue weighted by Crippen LogP contribution is -2.26. The number of amides is 1. The number of nitrogens with one attached hydrogen (secondary N) is 1. The van der Waals surface area contributed by atoms with Gasteiger partial charge in [-0.05, 0) is 35.7 Å². The number of rotatable bonds is 2. The second kappa shape index (κ2) is 3.38. The normalized spacial score (nSPS) is 15.6. The SMILES string of the molecule is Cc1c(Br)c(C(=O)NC2CC2)nn1C. The molecule has 2 rings (SSSR count). The largest absolute Gasteiger partial charge is 0.348 e. The summed E-state index contributed by atoms with van der Waals surface area (Å²) in [5, 5.41) is 7.06. The predicted molar refractivity (Wildman–Crippen MR) is 56.1 cm³/mol. The molecule has 1 aromatic heterocycles. The maximum Gasteiger partial charge on any atom is 0.273 e. The third kappa shape index (κ3) is 1.68. The fourth-order valence-electron chi connectivity index (χ4n) is 1.21. The van der Waals surface area contributed by atoms with Crippen LogP contribution in [-0.4, -0.2) is 21.7 Å². The molecule has 1 aliphatic rings. The maximum atomic E-state index is 11.7. The maximum absolute atomic E-state index is 11.7. The highest BCUT2D eigenvalue weighted by Crippen LogP contribution is 2.23. The van der Waals surface area contributed by atoms with Gasteiger partial charge in [0.15, 0.2) is 5.69 Å². The van der Waals surface area contributed by atoms with Crippen LogP contribution in [-0.2, 0) is 7.05 Å². The third-order valence-corrected chi connectivity index (χ3v) is 3.34. The molecule has 76 valence electrons. The molecule has 1 aromatic rings. The molecule has 1 heterocycles. The molecule has 0 spiro atoms. The number of hydrogen-bond donors (Lipinski definition) is 1. The lowest BCUT2D eigenvalue weighted by Gasteiger charge is -1.99. The van der Waals surface area contributed by atoms with E-state index in [2.05, 4.69) is 26.3 Å². The zero-order valence-electron chi connectivity index (χ0n) is 8.17. The molecule has 1 saturated carbocycles. The van der Waals surface area contributed by atoms with Crippen molar-refractivity contribution < 1.29 is 4.79 Å². The number of aryl methyl sites for hydroxylation is 1. The Morgan fingerprint density at radius 1 is 1.64 bits per heavy atom. The highest BCUT2D eigenvalue weighted by molar-refractivity contribution is 9.10. The van der Waals surface area contributed by atoms with Crippen LogP contribution in [0.5, 0.6) is 0 Å². The van der Waals surface area contributed by atoms with Crippen molar-refractivity contribution in [1.29, 1.82) is 0 Å². The van der Waals surface area contributed by atoms with Gasteiger partial charge in [0.2, 0.25) is 0 Å². The van der Waals surface area contributed by atoms with Crippen molar-refractivity contribution >= 4 is 21.8 Å². The van der Waals surface area contributed by atoms with Gasteiger partial charge < -0.3 is 5.32 Å². The molecule has 0 atom stereocenters. The van der Waals surface area contributed by atoms with Gasteiger partial charge >= 0.3 is 0 Å². The third-order valence-electron chi connectivity index (χ3n) is 2.39. The summed E-state index contributed by atoms with van der Waals surface area (Å²) in [7, 11) is 1.83. The van der Waals surface area contributed by atoms with Crippen LogP contribution in [0.1, 0.15) is 29.0 Å². The first kappa shape index (κ1) is 9.71. The van der Waals surface area contributed by atoms with Gasteiger partial charge in [-0.25, -0.2) is 0 Å². The standard InChI is InChI=1S/C9H12BrN3O/c1-5-7(10)8(12-13(5)2)9(14)11-6-3-4-6/h6H,3-4H2,1-2H3,(H,11,14). The Bertz CT molecular complexity index is 382. The predicted octanol–water partition coefficient (Wildman–Crippen LogP) is 1.38. The Balaban J connectivity index is 2.21.